The van der Waals surface area contributed by atoms with Gasteiger partial charge >= 0.3 is 0 Å². The van der Waals surface area contributed by atoms with E-state index in [1.54, 1.807) is 6.20 Å². The van der Waals surface area contributed by atoms with E-state index >= 15 is 0 Å². The van der Waals surface area contributed by atoms with Crippen LogP contribution in [0.25, 0.3) is 0 Å². The van der Waals surface area contributed by atoms with Gasteiger partial charge in [-0.3, -0.25) is 0 Å². The zero-order valence-electron chi connectivity index (χ0n) is 11.7. The first kappa shape index (κ1) is 13.8. The number of benzene rings is 1. The Morgan fingerprint density at radius 3 is 2.33 bits per heavy atom. The molecular formula is C15H18FN5. The summed E-state index contributed by atoms with van der Waals surface area (Å²) in [5.41, 5.74) is 7.51. The molecule has 2 heterocycles. The highest BCUT2D eigenvalue weighted by molar-refractivity contribution is 5.48. The maximum Gasteiger partial charge on any atom is 0.225 e. The SMILES string of the molecule is NCc1ccnc(N2CCN(c3ccc(F)cc3)CC2)n1. The van der Waals surface area contributed by atoms with Crippen molar-refractivity contribution in [3.05, 3.63) is 48.0 Å². The minimum atomic E-state index is -0.204. The lowest BCUT2D eigenvalue weighted by molar-refractivity contribution is 0.622. The van der Waals surface area contributed by atoms with Crippen molar-refractivity contribution in [1.82, 2.24) is 9.97 Å². The largest absolute Gasteiger partial charge is 0.368 e. The molecule has 1 aliphatic heterocycles. The summed E-state index contributed by atoms with van der Waals surface area (Å²) >= 11 is 0. The van der Waals surface area contributed by atoms with Gasteiger partial charge in [-0.15, -0.1) is 0 Å². The van der Waals surface area contributed by atoms with Gasteiger partial charge in [0.05, 0.1) is 5.69 Å². The van der Waals surface area contributed by atoms with Crippen LogP contribution in [0.1, 0.15) is 5.69 Å². The lowest BCUT2D eigenvalue weighted by Gasteiger charge is -2.36. The quantitative estimate of drug-likeness (QED) is 0.925. The lowest BCUT2D eigenvalue weighted by Crippen LogP contribution is -2.47. The summed E-state index contributed by atoms with van der Waals surface area (Å²) in [5.74, 6) is 0.529. The number of rotatable bonds is 3. The van der Waals surface area contributed by atoms with E-state index in [0.717, 1.165) is 43.5 Å². The highest BCUT2D eigenvalue weighted by Crippen LogP contribution is 2.18. The minimum Gasteiger partial charge on any atom is -0.368 e. The van der Waals surface area contributed by atoms with E-state index in [0.29, 0.717) is 6.54 Å². The summed E-state index contributed by atoms with van der Waals surface area (Å²) in [6.07, 6.45) is 1.75. The summed E-state index contributed by atoms with van der Waals surface area (Å²) in [6.45, 7) is 3.82. The molecule has 0 bridgehead atoms. The van der Waals surface area contributed by atoms with Gasteiger partial charge in [0.2, 0.25) is 5.95 Å². The first-order chi connectivity index (χ1) is 10.3. The molecular weight excluding hydrogens is 269 g/mol. The van der Waals surface area contributed by atoms with Crippen LogP contribution in [0.3, 0.4) is 0 Å². The normalized spacial score (nSPS) is 15.3. The van der Waals surface area contributed by atoms with Gasteiger partial charge in [-0.2, -0.15) is 0 Å². The Kier molecular flexibility index (Phi) is 3.96. The van der Waals surface area contributed by atoms with Crippen LogP contribution in [0.4, 0.5) is 16.0 Å². The van der Waals surface area contributed by atoms with Crippen molar-refractivity contribution in [2.75, 3.05) is 36.0 Å². The predicted octanol–water partition coefficient (Wildman–Crippen LogP) is 1.40. The van der Waals surface area contributed by atoms with Crippen molar-refractivity contribution < 1.29 is 4.39 Å². The smallest absolute Gasteiger partial charge is 0.225 e. The van der Waals surface area contributed by atoms with Crippen molar-refractivity contribution in [3.8, 4) is 0 Å². The third-order valence-corrected chi connectivity index (χ3v) is 3.66. The second-order valence-electron chi connectivity index (χ2n) is 5.00. The van der Waals surface area contributed by atoms with Gasteiger partial charge in [0.15, 0.2) is 0 Å². The lowest BCUT2D eigenvalue weighted by atomic mass is 10.2. The Bertz CT molecular complexity index is 593. The van der Waals surface area contributed by atoms with Crippen LogP contribution in [-0.4, -0.2) is 36.1 Å². The standard InChI is InChI=1S/C15H18FN5/c16-12-1-3-14(4-2-12)20-7-9-21(10-8-20)15-18-6-5-13(11-17)19-15/h1-6H,7-11,17H2. The van der Waals surface area contributed by atoms with E-state index in [2.05, 4.69) is 19.8 Å². The Balaban J connectivity index is 1.65. The van der Waals surface area contributed by atoms with Crippen LogP contribution in [-0.2, 0) is 6.54 Å². The zero-order valence-corrected chi connectivity index (χ0v) is 11.7. The molecule has 0 amide bonds. The average Bonchev–Trinajstić information content (AvgIpc) is 2.56. The highest BCUT2D eigenvalue weighted by Gasteiger charge is 2.19. The Labute approximate surface area is 123 Å². The van der Waals surface area contributed by atoms with Gasteiger partial charge < -0.3 is 15.5 Å². The molecule has 0 spiro atoms. The number of hydrogen-bond acceptors (Lipinski definition) is 5. The molecule has 110 valence electrons. The number of halogens is 1. The summed E-state index contributed by atoms with van der Waals surface area (Å²) in [5, 5.41) is 0. The molecule has 0 aliphatic carbocycles. The fourth-order valence-electron chi connectivity index (χ4n) is 2.47. The monoisotopic (exact) mass is 287 g/mol. The Hall–Kier alpha value is -2.21. The molecule has 3 rings (SSSR count). The average molecular weight is 287 g/mol. The first-order valence-electron chi connectivity index (χ1n) is 7.04. The second kappa shape index (κ2) is 6.05. The second-order valence-corrected chi connectivity index (χ2v) is 5.00. The molecule has 2 aromatic rings. The Morgan fingerprint density at radius 2 is 1.67 bits per heavy atom. The maximum atomic E-state index is 13.0. The van der Waals surface area contributed by atoms with E-state index in [1.807, 2.05) is 18.2 Å². The highest BCUT2D eigenvalue weighted by atomic mass is 19.1. The molecule has 0 atom stereocenters. The molecule has 0 radical (unpaired) electrons. The van der Waals surface area contributed by atoms with Crippen LogP contribution in [0.5, 0.6) is 0 Å². The molecule has 0 saturated carbocycles. The van der Waals surface area contributed by atoms with Crippen LogP contribution < -0.4 is 15.5 Å². The molecule has 6 heteroatoms. The van der Waals surface area contributed by atoms with E-state index in [1.165, 1.54) is 12.1 Å². The fraction of sp³-hybridized carbons (Fsp3) is 0.333. The molecule has 1 aromatic heterocycles. The summed E-state index contributed by atoms with van der Waals surface area (Å²) in [6, 6.07) is 8.45. The molecule has 1 aromatic carbocycles. The summed E-state index contributed by atoms with van der Waals surface area (Å²) in [4.78, 5) is 13.1. The van der Waals surface area contributed by atoms with Gasteiger partial charge in [-0.1, -0.05) is 0 Å². The molecule has 2 N–H and O–H groups in total. The van der Waals surface area contributed by atoms with E-state index in [-0.39, 0.29) is 5.82 Å². The molecule has 1 aliphatic rings. The van der Waals surface area contributed by atoms with Gasteiger partial charge in [0.1, 0.15) is 5.82 Å². The number of aromatic nitrogens is 2. The topological polar surface area (TPSA) is 58.3 Å². The minimum absolute atomic E-state index is 0.204. The van der Waals surface area contributed by atoms with Crippen LogP contribution in [0, 0.1) is 5.82 Å². The summed E-state index contributed by atoms with van der Waals surface area (Å²) < 4.78 is 13.0. The van der Waals surface area contributed by atoms with E-state index < -0.39 is 0 Å². The molecule has 5 nitrogen and oxygen atoms in total. The molecule has 0 unspecified atom stereocenters. The van der Waals surface area contributed by atoms with Gasteiger partial charge in [-0.25, -0.2) is 14.4 Å². The number of nitrogens with zero attached hydrogens (tertiary/aromatic N) is 4. The van der Waals surface area contributed by atoms with Crippen LogP contribution >= 0.6 is 0 Å². The fourth-order valence-corrected chi connectivity index (χ4v) is 2.47. The van der Waals surface area contributed by atoms with Gasteiger partial charge in [-0.05, 0) is 30.3 Å². The maximum absolute atomic E-state index is 13.0. The van der Waals surface area contributed by atoms with E-state index in [4.69, 9.17) is 5.73 Å². The van der Waals surface area contributed by atoms with Gasteiger partial charge in [0.25, 0.3) is 0 Å². The number of nitrogens with two attached hydrogens (primary N) is 1. The number of hydrogen-bond donors (Lipinski definition) is 1. The van der Waals surface area contributed by atoms with Crippen LogP contribution in [0.15, 0.2) is 36.5 Å². The van der Waals surface area contributed by atoms with Crippen molar-refractivity contribution in [2.45, 2.75) is 6.54 Å². The zero-order chi connectivity index (χ0) is 14.7. The third-order valence-electron chi connectivity index (χ3n) is 3.66. The van der Waals surface area contributed by atoms with Crippen molar-refractivity contribution in [1.29, 1.82) is 0 Å². The van der Waals surface area contributed by atoms with Crippen LogP contribution in [0.2, 0.25) is 0 Å². The molecule has 1 saturated heterocycles. The Morgan fingerprint density at radius 1 is 1.00 bits per heavy atom. The first-order valence-corrected chi connectivity index (χ1v) is 7.04. The summed E-state index contributed by atoms with van der Waals surface area (Å²) in [7, 11) is 0. The van der Waals surface area contributed by atoms with Crippen molar-refractivity contribution >= 4 is 11.6 Å². The van der Waals surface area contributed by atoms with Gasteiger partial charge in [0, 0.05) is 44.6 Å². The predicted molar refractivity (Wildman–Crippen MR) is 80.7 cm³/mol. The van der Waals surface area contributed by atoms with Crippen molar-refractivity contribution in [3.63, 3.8) is 0 Å². The molecule has 21 heavy (non-hydrogen) atoms. The number of piperazine rings is 1. The molecule has 1 fully saturated rings. The number of anilines is 2. The third kappa shape index (κ3) is 3.11. The van der Waals surface area contributed by atoms with E-state index in [9.17, 15) is 4.39 Å². The van der Waals surface area contributed by atoms with Crippen molar-refractivity contribution in [2.24, 2.45) is 5.73 Å².